The molecule has 2 aromatic rings. The van der Waals surface area contributed by atoms with E-state index in [0.29, 0.717) is 29.2 Å². The molecule has 0 fully saturated rings. The first-order valence-electron chi connectivity index (χ1n) is 6.90. The molecule has 1 heterocycles. The molecular weight excluding hydrogens is 302 g/mol. The Morgan fingerprint density at radius 2 is 1.86 bits per heavy atom. The van der Waals surface area contributed by atoms with Gasteiger partial charge in [0.05, 0.1) is 15.5 Å². The Hall–Kier alpha value is -2.41. The molecule has 0 aliphatic rings. The van der Waals surface area contributed by atoms with Crippen molar-refractivity contribution in [2.24, 2.45) is 0 Å². The van der Waals surface area contributed by atoms with Gasteiger partial charge in [0, 0.05) is 36.2 Å². The molecule has 2 rings (SSSR count). The lowest BCUT2D eigenvalue weighted by Crippen LogP contribution is -2.31. The first-order valence-corrected chi connectivity index (χ1v) is 7.78. The lowest BCUT2D eigenvalue weighted by molar-refractivity contribution is -0.384. The molecular formula is C15H17N3O3S. The van der Waals surface area contributed by atoms with E-state index in [9.17, 15) is 14.9 Å². The normalized spacial score (nSPS) is 10.5. The third-order valence-corrected chi connectivity index (χ3v) is 4.28. The van der Waals surface area contributed by atoms with Gasteiger partial charge in [0.2, 0.25) is 0 Å². The van der Waals surface area contributed by atoms with Gasteiger partial charge in [-0.1, -0.05) is 0 Å². The molecule has 0 aliphatic heterocycles. The molecule has 0 spiro atoms. The number of thiophene rings is 1. The monoisotopic (exact) mass is 319 g/mol. The Morgan fingerprint density at radius 3 is 2.36 bits per heavy atom. The molecule has 0 bridgehead atoms. The summed E-state index contributed by atoms with van der Waals surface area (Å²) in [7, 11) is 0. The minimum Gasteiger partial charge on any atom is -0.390 e. The van der Waals surface area contributed by atoms with Crippen molar-refractivity contribution in [3.8, 4) is 11.1 Å². The molecule has 2 N–H and O–H groups in total. The van der Waals surface area contributed by atoms with Gasteiger partial charge in [0.1, 0.15) is 0 Å². The van der Waals surface area contributed by atoms with Crippen LogP contribution in [0.1, 0.15) is 24.2 Å². The maximum atomic E-state index is 12.6. The number of nitro groups is 1. The van der Waals surface area contributed by atoms with E-state index < -0.39 is 4.92 Å². The van der Waals surface area contributed by atoms with Crippen LogP contribution in [0.5, 0.6) is 0 Å². The van der Waals surface area contributed by atoms with E-state index in [2.05, 4.69) is 0 Å². The van der Waals surface area contributed by atoms with Crippen LogP contribution in [0.4, 0.5) is 10.7 Å². The van der Waals surface area contributed by atoms with E-state index in [-0.39, 0.29) is 11.6 Å². The summed E-state index contributed by atoms with van der Waals surface area (Å²) in [6.45, 7) is 5.03. The number of anilines is 1. The Balaban J connectivity index is 2.45. The lowest BCUT2D eigenvalue weighted by Gasteiger charge is -2.19. The third kappa shape index (κ3) is 2.94. The van der Waals surface area contributed by atoms with Crippen LogP contribution in [0, 0.1) is 10.1 Å². The van der Waals surface area contributed by atoms with Gasteiger partial charge in [-0.15, -0.1) is 11.3 Å². The van der Waals surface area contributed by atoms with Crippen LogP contribution in [0.3, 0.4) is 0 Å². The van der Waals surface area contributed by atoms with Crippen LogP contribution in [-0.4, -0.2) is 28.8 Å². The zero-order chi connectivity index (χ0) is 16.3. The fraction of sp³-hybridized carbons (Fsp3) is 0.267. The highest BCUT2D eigenvalue weighted by atomic mass is 32.1. The number of non-ortho nitro benzene ring substituents is 1. The Labute approximate surface area is 132 Å². The molecule has 0 saturated carbocycles. The Kier molecular flexibility index (Phi) is 4.77. The van der Waals surface area contributed by atoms with Crippen LogP contribution < -0.4 is 5.73 Å². The van der Waals surface area contributed by atoms with E-state index in [1.807, 2.05) is 19.2 Å². The Bertz CT molecular complexity index is 691. The van der Waals surface area contributed by atoms with Gasteiger partial charge in [-0.2, -0.15) is 0 Å². The van der Waals surface area contributed by atoms with Crippen molar-refractivity contribution in [3.05, 3.63) is 45.3 Å². The lowest BCUT2D eigenvalue weighted by atomic mass is 10.0. The summed E-state index contributed by atoms with van der Waals surface area (Å²) in [5.74, 6) is -0.114. The predicted molar refractivity (Wildman–Crippen MR) is 88.1 cm³/mol. The summed E-state index contributed by atoms with van der Waals surface area (Å²) >= 11 is 1.30. The van der Waals surface area contributed by atoms with Crippen molar-refractivity contribution < 1.29 is 9.72 Å². The highest BCUT2D eigenvalue weighted by molar-refractivity contribution is 7.15. The van der Waals surface area contributed by atoms with Crippen LogP contribution in [0.25, 0.3) is 11.1 Å². The molecule has 116 valence electrons. The van der Waals surface area contributed by atoms with E-state index in [4.69, 9.17) is 5.73 Å². The average molecular weight is 319 g/mol. The molecule has 1 aromatic heterocycles. The molecule has 1 aromatic carbocycles. The van der Waals surface area contributed by atoms with Gasteiger partial charge in [0.15, 0.2) is 0 Å². The fourth-order valence-electron chi connectivity index (χ4n) is 2.24. The number of amides is 1. The molecule has 0 radical (unpaired) electrons. The standard InChI is InChI=1S/C15H17N3O3S/c1-3-17(4-2)15(19)13-12(9-22-14(13)16)10-5-7-11(8-6-10)18(20)21/h5-9H,3-4,16H2,1-2H3. The maximum Gasteiger partial charge on any atom is 0.269 e. The summed E-state index contributed by atoms with van der Waals surface area (Å²) < 4.78 is 0. The van der Waals surface area contributed by atoms with Crippen LogP contribution in [-0.2, 0) is 0 Å². The number of nitrogen functional groups attached to an aromatic ring is 1. The number of nitrogens with two attached hydrogens (primary N) is 1. The summed E-state index contributed by atoms with van der Waals surface area (Å²) in [5, 5.41) is 13.0. The number of nitro benzene ring substituents is 1. The van der Waals surface area contributed by atoms with Crippen LogP contribution in [0.2, 0.25) is 0 Å². The van der Waals surface area contributed by atoms with Crippen LogP contribution >= 0.6 is 11.3 Å². The second-order valence-electron chi connectivity index (χ2n) is 4.67. The number of rotatable bonds is 5. The van der Waals surface area contributed by atoms with E-state index in [1.165, 1.54) is 23.5 Å². The first-order chi connectivity index (χ1) is 10.5. The number of carbonyl (C=O) groups is 1. The minimum atomic E-state index is -0.451. The molecule has 22 heavy (non-hydrogen) atoms. The smallest absolute Gasteiger partial charge is 0.269 e. The first kappa shape index (κ1) is 16.0. The van der Waals surface area contributed by atoms with E-state index in [1.54, 1.807) is 17.0 Å². The van der Waals surface area contributed by atoms with Gasteiger partial charge < -0.3 is 10.6 Å². The number of hydrogen-bond acceptors (Lipinski definition) is 5. The molecule has 6 nitrogen and oxygen atoms in total. The van der Waals surface area contributed by atoms with Crippen molar-refractivity contribution in [2.75, 3.05) is 18.8 Å². The van der Waals surface area contributed by atoms with Crippen LogP contribution in [0.15, 0.2) is 29.6 Å². The van der Waals surface area contributed by atoms with Gasteiger partial charge in [-0.25, -0.2) is 0 Å². The van der Waals surface area contributed by atoms with Crippen molar-refractivity contribution in [2.45, 2.75) is 13.8 Å². The van der Waals surface area contributed by atoms with E-state index >= 15 is 0 Å². The van der Waals surface area contributed by atoms with E-state index in [0.717, 1.165) is 5.56 Å². The number of nitrogens with zero attached hydrogens (tertiary/aromatic N) is 2. The van der Waals surface area contributed by atoms with Crippen molar-refractivity contribution in [1.29, 1.82) is 0 Å². The zero-order valence-electron chi connectivity index (χ0n) is 12.4. The second kappa shape index (κ2) is 6.57. The molecule has 0 saturated heterocycles. The zero-order valence-corrected chi connectivity index (χ0v) is 13.2. The highest BCUT2D eigenvalue weighted by Gasteiger charge is 2.22. The van der Waals surface area contributed by atoms with Gasteiger partial charge >= 0.3 is 0 Å². The molecule has 7 heteroatoms. The van der Waals surface area contributed by atoms with Crippen molar-refractivity contribution in [3.63, 3.8) is 0 Å². The maximum absolute atomic E-state index is 12.6. The number of carbonyl (C=O) groups excluding carboxylic acids is 1. The Morgan fingerprint density at radius 1 is 1.27 bits per heavy atom. The van der Waals surface area contributed by atoms with Gasteiger partial charge in [-0.3, -0.25) is 14.9 Å². The number of benzene rings is 1. The summed E-state index contributed by atoms with van der Waals surface area (Å²) in [4.78, 5) is 24.6. The average Bonchev–Trinajstić information content (AvgIpc) is 2.90. The largest absolute Gasteiger partial charge is 0.390 e. The molecule has 1 amide bonds. The summed E-state index contributed by atoms with van der Waals surface area (Å²) in [6, 6.07) is 6.13. The summed E-state index contributed by atoms with van der Waals surface area (Å²) in [5.41, 5.74) is 7.92. The minimum absolute atomic E-state index is 0.0172. The van der Waals surface area contributed by atoms with Crippen molar-refractivity contribution in [1.82, 2.24) is 4.90 Å². The highest BCUT2D eigenvalue weighted by Crippen LogP contribution is 2.35. The quantitative estimate of drug-likeness (QED) is 0.675. The van der Waals surface area contributed by atoms with Gasteiger partial charge in [0.25, 0.3) is 11.6 Å². The number of hydrogen-bond donors (Lipinski definition) is 1. The second-order valence-corrected chi connectivity index (χ2v) is 5.58. The summed E-state index contributed by atoms with van der Waals surface area (Å²) in [6.07, 6.45) is 0. The molecule has 0 atom stereocenters. The third-order valence-electron chi connectivity index (χ3n) is 3.47. The molecule has 0 unspecified atom stereocenters. The predicted octanol–water partition coefficient (Wildman–Crippen LogP) is 3.39. The topological polar surface area (TPSA) is 89.5 Å². The van der Waals surface area contributed by atoms with Crippen molar-refractivity contribution >= 4 is 27.9 Å². The van der Waals surface area contributed by atoms with Gasteiger partial charge in [-0.05, 0) is 31.5 Å². The fourth-order valence-corrected chi connectivity index (χ4v) is 3.05. The molecule has 0 aliphatic carbocycles. The SMILES string of the molecule is CCN(CC)C(=O)c1c(-c2ccc([N+](=O)[O-])cc2)csc1N.